The van der Waals surface area contributed by atoms with Crippen LogP contribution < -0.4 is 5.32 Å². The fraction of sp³-hybridized carbons (Fsp3) is 0.919. The highest BCUT2D eigenvalue weighted by molar-refractivity contribution is 5.76. The number of amides is 1. The molecule has 0 aromatic heterocycles. The minimum absolute atomic E-state index is 0.0235. The molecule has 474 valence electrons. The molecule has 2 unspecified atom stereocenters. The van der Waals surface area contributed by atoms with Crippen molar-refractivity contribution in [2.75, 3.05) is 13.2 Å². The number of aliphatic hydroxyl groups is 2. The van der Waals surface area contributed by atoms with Crippen molar-refractivity contribution in [3.8, 4) is 0 Å². The summed E-state index contributed by atoms with van der Waals surface area (Å²) in [5, 5.41) is 23.1. The molecule has 80 heavy (non-hydrogen) atoms. The monoisotopic (exact) mass is 1130 g/mol. The second-order valence-corrected chi connectivity index (χ2v) is 25.3. The van der Waals surface area contributed by atoms with Gasteiger partial charge in [-0.25, -0.2) is 0 Å². The molecular formula is C74H143NO5. The standard InChI is InChI=1S/C74H143NO5/c1-3-5-7-9-11-13-15-46-50-54-58-62-66-72(77)71(70-76)75-73(78)67-63-59-55-51-47-44-42-40-38-36-34-32-30-28-26-24-22-20-18-17-19-21-23-25-27-29-31-33-35-37-39-41-43-45-49-53-57-61-65-69-80-74(79)68-64-60-56-52-48-16-14-12-10-8-6-4-2/h17-18,62,66,71-72,76-77H,3-16,19-61,63-65,67-70H2,1-2H3,(H,75,78)/b18-17-,66-62+. The van der Waals surface area contributed by atoms with Crippen molar-refractivity contribution >= 4 is 11.9 Å². The summed E-state index contributed by atoms with van der Waals surface area (Å²) in [4.78, 5) is 24.5. The minimum atomic E-state index is -0.840. The van der Waals surface area contributed by atoms with E-state index in [1.807, 2.05) is 6.08 Å². The Labute approximate surface area is 501 Å². The zero-order valence-electron chi connectivity index (χ0n) is 54.3. The van der Waals surface area contributed by atoms with Crippen LogP contribution in [0.15, 0.2) is 24.3 Å². The van der Waals surface area contributed by atoms with Gasteiger partial charge in [-0.05, 0) is 57.8 Å². The number of rotatable bonds is 69. The average Bonchev–Trinajstić information content (AvgIpc) is 3.46. The predicted octanol–water partition coefficient (Wildman–Crippen LogP) is 23.7. The third-order valence-electron chi connectivity index (χ3n) is 17.2. The first-order valence-electron chi connectivity index (χ1n) is 36.6. The number of carbonyl (C=O) groups is 2. The summed E-state index contributed by atoms with van der Waals surface area (Å²) in [7, 11) is 0. The van der Waals surface area contributed by atoms with Crippen LogP contribution >= 0.6 is 0 Å². The SMILES string of the molecule is CCCCCCCCCCCC/C=C/C(O)C(CO)NC(=O)CCCCCCCCCCCCCCCCCCC/C=C\CCCCCCCCCCCCCCCCCCCCOC(=O)CCCCCCCCCCCCCC. The first kappa shape index (κ1) is 78.3. The van der Waals surface area contributed by atoms with E-state index < -0.39 is 12.1 Å². The number of hydrogen-bond donors (Lipinski definition) is 3. The molecule has 0 rings (SSSR count). The normalized spacial score (nSPS) is 12.6. The highest BCUT2D eigenvalue weighted by atomic mass is 16.5. The number of ether oxygens (including phenoxy) is 1. The Bertz CT molecular complexity index is 1250. The van der Waals surface area contributed by atoms with Gasteiger partial charge in [0.1, 0.15) is 0 Å². The number of unbranched alkanes of at least 4 members (excludes halogenated alkanes) is 56. The van der Waals surface area contributed by atoms with Crippen LogP contribution in [0.1, 0.15) is 412 Å². The summed E-state index contributed by atoms with van der Waals surface area (Å²) in [6, 6.07) is -0.623. The molecule has 0 aliphatic carbocycles. The first-order chi connectivity index (χ1) is 39.5. The Balaban J connectivity index is 3.31. The lowest BCUT2D eigenvalue weighted by atomic mass is 10.0. The lowest BCUT2D eigenvalue weighted by Gasteiger charge is -2.20. The highest BCUT2D eigenvalue weighted by Gasteiger charge is 2.18. The molecule has 0 aromatic rings. The minimum Gasteiger partial charge on any atom is -0.466 e. The van der Waals surface area contributed by atoms with Gasteiger partial charge in [0.15, 0.2) is 0 Å². The summed E-state index contributed by atoms with van der Waals surface area (Å²) >= 11 is 0. The zero-order valence-corrected chi connectivity index (χ0v) is 54.3. The Morgan fingerprint density at radius 2 is 0.588 bits per heavy atom. The molecule has 0 saturated heterocycles. The molecule has 2 atom stereocenters. The molecule has 0 fully saturated rings. The summed E-state index contributed by atoms with van der Waals surface area (Å²) in [5.41, 5.74) is 0. The Kier molecular flexibility index (Phi) is 68.4. The molecule has 1 amide bonds. The predicted molar refractivity (Wildman–Crippen MR) is 352 cm³/mol. The molecule has 0 radical (unpaired) electrons. The average molecular weight is 1130 g/mol. The molecule has 0 aromatic carbocycles. The number of nitrogens with one attached hydrogen (secondary N) is 1. The fourth-order valence-corrected chi connectivity index (χ4v) is 11.6. The van der Waals surface area contributed by atoms with Gasteiger partial charge in [0.2, 0.25) is 5.91 Å². The van der Waals surface area contributed by atoms with Crippen LogP contribution in [0.5, 0.6) is 0 Å². The van der Waals surface area contributed by atoms with Crippen LogP contribution in [-0.4, -0.2) is 47.4 Å². The number of carbonyl (C=O) groups excluding carboxylic acids is 2. The van der Waals surface area contributed by atoms with Crippen LogP contribution in [0.3, 0.4) is 0 Å². The molecular weight excluding hydrogens is 983 g/mol. The summed E-state index contributed by atoms with van der Waals surface area (Å²) in [6.07, 6.45) is 88.7. The van der Waals surface area contributed by atoms with Crippen molar-refractivity contribution in [3.05, 3.63) is 24.3 Å². The highest BCUT2D eigenvalue weighted by Crippen LogP contribution is 2.19. The van der Waals surface area contributed by atoms with Crippen LogP contribution in [0.4, 0.5) is 0 Å². The molecule has 0 saturated carbocycles. The second-order valence-electron chi connectivity index (χ2n) is 25.3. The van der Waals surface area contributed by atoms with E-state index in [1.54, 1.807) is 6.08 Å². The van der Waals surface area contributed by atoms with E-state index in [4.69, 9.17) is 4.74 Å². The van der Waals surface area contributed by atoms with Crippen molar-refractivity contribution in [1.82, 2.24) is 5.32 Å². The third kappa shape index (κ3) is 65.5. The lowest BCUT2D eigenvalue weighted by molar-refractivity contribution is -0.143. The Morgan fingerprint density at radius 3 is 0.887 bits per heavy atom. The Morgan fingerprint density at radius 1 is 0.338 bits per heavy atom. The van der Waals surface area contributed by atoms with Crippen LogP contribution in [0.2, 0.25) is 0 Å². The van der Waals surface area contributed by atoms with Crippen molar-refractivity contribution in [2.24, 2.45) is 0 Å². The molecule has 0 aliphatic rings. The van der Waals surface area contributed by atoms with Gasteiger partial charge in [-0.1, -0.05) is 366 Å². The van der Waals surface area contributed by atoms with E-state index in [2.05, 4.69) is 31.3 Å². The van der Waals surface area contributed by atoms with E-state index >= 15 is 0 Å². The second kappa shape index (κ2) is 69.8. The van der Waals surface area contributed by atoms with E-state index in [0.717, 1.165) is 38.5 Å². The van der Waals surface area contributed by atoms with Crippen molar-refractivity contribution in [1.29, 1.82) is 0 Å². The van der Waals surface area contributed by atoms with Crippen LogP contribution in [-0.2, 0) is 14.3 Å². The molecule has 3 N–H and O–H groups in total. The number of allylic oxidation sites excluding steroid dienone is 3. The van der Waals surface area contributed by atoms with Gasteiger partial charge in [-0.3, -0.25) is 9.59 Å². The smallest absolute Gasteiger partial charge is 0.305 e. The van der Waals surface area contributed by atoms with Gasteiger partial charge in [0, 0.05) is 12.8 Å². The first-order valence-corrected chi connectivity index (χ1v) is 36.6. The van der Waals surface area contributed by atoms with Gasteiger partial charge < -0.3 is 20.3 Å². The van der Waals surface area contributed by atoms with Crippen molar-refractivity contribution in [3.63, 3.8) is 0 Å². The molecule has 0 bridgehead atoms. The lowest BCUT2D eigenvalue weighted by Crippen LogP contribution is -2.45. The van der Waals surface area contributed by atoms with Crippen LogP contribution in [0, 0.1) is 0 Å². The van der Waals surface area contributed by atoms with Gasteiger partial charge in [0.25, 0.3) is 0 Å². The third-order valence-corrected chi connectivity index (χ3v) is 17.2. The van der Waals surface area contributed by atoms with E-state index in [1.165, 1.54) is 347 Å². The summed E-state index contributed by atoms with van der Waals surface area (Å²) in [5.74, 6) is -0.0389. The topological polar surface area (TPSA) is 95.9 Å². The van der Waals surface area contributed by atoms with Crippen LogP contribution in [0.25, 0.3) is 0 Å². The maximum absolute atomic E-state index is 12.5. The number of aliphatic hydroxyl groups excluding tert-OH is 2. The summed E-state index contributed by atoms with van der Waals surface area (Å²) < 4.78 is 5.49. The molecule has 0 spiro atoms. The van der Waals surface area contributed by atoms with Gasteiger partial charge >= 0.3 is 5.97 Å². The molecule has 0 heterocycles. The maximum Gasteiger partial charge on any atom is 0.305 e. The zero-order chi connectivity index (χ0) is 57.8. The number of hydrogen-bond acceptors (Lipinski definition) is 5. The van der Waals surface area contributed by atoms with Crippen molar-refractivity contribution in [2.45, 2.75) is 424 Å². The number of esters is 1. The fourth-order valence-electron chi connectivity index (χ4n) is 11.6. The summed E-state index contributed by atoms with van der Waals surface area (Å²) in [6.45, 7) is 4.93. The van der Waals surface area contributed by atoms with E-state index in [-0.39, 0.29) is 18.5 Å². The van der Waals surface area contributed by atoms with E-state index in [9.17, 15) is 19.8 Å². The van der Waals surface area contributed by atoms with E-state index in [0.29, 0.717) is 19.4 Å². The molecule has 6 nitrogen and oxygen atoms in total. The van der Waals surface area contributed by atoms with Gasteiger partial charge in [-0.15, -0.1) is 0 Å². The molecule has 0 aliphatic heterocycles. The van der Waals surface area contributed by atoms with Crippen molar-refractivity contribution < 1.29 is 24.5 Å². The van der Waals surface area contributed by atoms with Gasteiger partial charge in [0.05, 0.1) is 25.4 Å². The quantitative estimate of drug-likeness (QED) is 0.0320. The largest absolute Gasteiger partial charge is 0.466 e. The maximum atomic E-state index is 12.5. The van der Waals surface area contributed by atoms with Gasteiger partial charge in [-0.2, -0.15) is 0 Å². The Hall–Kier alpha value is -1.66. The molecule has 6 heteroatoms.